The average molecular weight is 266 g/mol. The number of para-hydroxylation sites is 1. The highest BCUT2D eigenvalue weighted by Gasteiger charge is 2.20. The SMILES string of the molecule is N#CC(N=O)c1ccccc1C(=O)Oc1ccccc1. The maximum Gasteiger partial charge on any atom is 0.343 e. The zero-order valence-corrected chi connectivity index (χ0v) is 10.4. The van der Waals surface area contributed by atoms with Gasteiger partial charge in [0.05, 0.1) is 11.6 Å². The second-order valence-electron chi connectivity index (χ2n) is 3.93. The minimum atomic E-state index is -1.23. The van der Waals surface area contributed by atoms with Crippen LogP contribution in [0.3, 0.4) is 0 Å². The summed E-state index contributed by atoms with van der Waals surface area (Å²) in [5.74, 6) is -0.240. The number of hydrogen-bond acceptors (Lipinski definition) is 5. The Labute approximate surface area is 115 Å². The topological polar surface area (TPSA) is 79.5 Å². The highest BCUT2D eigenvalue weighted by atomic mass is 16.5. The number of ether oxygens (including phenoxy) is 1. The number of hydrogen-bond donors (Lipinski definition) is 0. The molecule has 0 aliphatic rings. The van der Waals surface area contributed by atoms with E-state index in [1.807, 2.05) is 0 Å². The lowest BCUT2D eigenvalue weighted by Crippen LogP contribution is -2.12. The van der Waals surface area contributed by atoms with Gasteiger partial charge in [0.25, 0.3) is 0 Å². The standard InChI is InChI=1S/C15H10N2O3/c16-10-14(17-19)12-8-4-5-9-13(12)15(18)20-11-6-2-1-3-7-11/h1-9,14H. The molecule has 20 heavy (non-hydrogen) atoms. The van der Waals surface area contributed by atoms with Gasteiger partial charge in [-0.2, -0.15) is 5.26 Å². The monoisotopic (exact) mass is 266 g/mol. The molecule has 0 saturated carbocycles. The number of nitroso groups, excluding NO2 is 1. The van der Waals surface area contributed by atoms with Gasteiger partial charge in [-0.1, -0.05) is 36.4 Å². The Balaban J connectivity index is 2.31. The van der Waals surface area contributed by atoms with Crippen molar-refractivity contribution in [3.63, 3.8) is 0 Å². The summed E-state index contributed by atoms with van der Waals surface area (Å²) >= 11 is 0. The molecule has 0 N–H and O–H groups in total. The summed E-state index contributed by atoms with van der Waals surface area (Å²) in [6.45, 7) is 0. The quantitative estimate of drug-likeness (QED) is 0.483. The van der Waals surface area contributed by atoms with E-state index in [9.17, 15) is 9.70 Å². The molecule has 0 radical (unpaired) electrons. The van der Waals surface area contributed by atoms with E-state index < -0.39 is 12.0 Å². The average Bonchev–Trinajstić information content (AvgIpc) is 2.50. The van der Waals surface area contributed by atoms with E-state index in [1.54, 1.807) is 48.5 Å². The van der Waals surface area contributed by atoms with Crippen LogP contribution >= 0.6 is 0 Å². The fraction of sp³-hybridized carbons (Fsp3) is 0.0667. The van der Waals surface area contributed by atoms with Crippen molar-refractivity contribution < 1.29 is 9.53 Å². The largest absolute Gasteiger partial charge is 0.423 e. The molecule has 5 heteroatoms. The molecule has 2 aromatic carbocycles. The van der Waals surface area contributed by atoms with Crippen molar-refractivity contribution in [3.8, 4) is 11.8 Å². The van der Waals surface area contributed by atoms with Crippen molar-refractivity contribution in [3.05, 3.63) is 70.6 Å². The van der Waals surface area contributed by atoms with E-state index >= 15 is 0 Å². The fourth-order valence-corrected chi connectivity index (χ4v) is 1.72. The number of esters is 1. The third kappa shape index (κ3) is 2.87. The molecule has 2 rings (SSSR count). The van der Waals surface area contributed by atoms with E-state index in [2.05, 4.69) is 5.18 Å². The maximum absolute atomic E-state index is 12.1. The molecule has 0 saturated heterocycles. The third-order valence-electron chi connectivity index (χ3n) is 2.66. The second kappa shape index (κ2) is 6.25. The van der Waals surface area contributed by atoms with Gasteiger partial charge in [-0.3, -0.25) is 0 Å². The molecule has 98 valence electrons. The molecule has 1 unspecified atom stereocenters. The Morgan fingerprint density at radius 3 is 2.40 bits per heavy atom. The Bertz CT molecular complexity index is 662. The second-order valence-corrected chi connectivity index (χ2v) is 3.93. The van der Waals surface area contributed by atoms with Crippen molar-refractivity contribution in [2.75, 3.05) is 0 Å². The predicted octanol–water partition coefficient (Wildman–Crippen LogP) is 3.24. The highest BCUT2D eigenvalue weighted by Crippen LogP contribution is 2.22. The molecule has 0 aromatic heterocycles. The van der Waals surface area contributed by atoms with E-state index in [4.69, 9.17) is 10.00 Å². The van der Waals surface area contributed by atoms with Crippen LogP contribution in [-0.2, 0) is 0 Å². The van der Waals surface area contributed by atoms with Gasteiger partial charge in [0.15, 0.2) is 0 Å². The number of benzene rings is 2. The predicted molar refractivity (Wildman–Crippen MR) is 72.0 cm³/mol. The first kappa shape index (κ1) is 13.4. The van der Waals surface area contributed by atoms with Crippen LogP contribution in [0.5, 0.6) is 5.75 Å². The number of carbonyl (C=O) groups is 1. The van der Waals surface area contributed by atoms with Crippen LogP contribution in [0, 0.1) is 16.2 Å². The number of nitriles is 1. The third-order valence-corrected chi connectivity index (χ3v) is 2.66. The Kier molecular flexibility index (Phi) is 4.20. The molecule has 0 aliphatic carbocycles. The molecular formula is C15H10N2O3. The van der Waals surface area contributed by atoms with Crippen LogP contribution in [0.2, 0.25) is 0 Å². The maximum atomic E-state index is 12.1. The van der Waals surface area contributed by atoms with Crippen LogP contribution in [0.25, 0.3) is 0 Å². The Hall–Kier alpha value is -3.00. The van der Waals surface area contributed by atoms with Crippen LogP contribution in [0.4, 0.5) is 0 Å². The van der Waals surface area contributed by atoms with Crippen LogP contribution in [-0.4, -0.2) is 5.97 Å². The smallest absolute Gasteiger partial charge is 0.343 e. The van der Waals surface area contributed by atoms with Gasteiger partial charge in [0.2, 0.25) is 6.04 Å². The molecule has 5 nitrogen and oxygen atoms in total. The van der Waals surface area contributed by atoms with Crippen molar-refractivity contribution in [1.82, 2.24) is 0 Å². The summed E-state index contributed by atoms with van der Waals surface area (Å²) in [6.07, 6.45) is 0. The zero-order valence-electron chi connectivity index (χ0n) is 10.4. The van der Waals surface area contributed by atoms with Gasteiger partial charge in [-0.05, 0) is 23.4 Å². The van der Waals surface area contributed by atoms with E-state index in [-0.39, 0.29) is 11.1 Å². The molecule has 0 bridgehead atoms. The normalized spacial score (nSPS) is 11.2. The van der Waals surface area contributed by atoms with Crippen LogP contribution in [0.15, 0.2) is 59.8 Å². The first-order valence-corrected chi connectivity index (χ1v) is 5.84. The van der Waals surface area contributed by atoms with E-state index in [1.165, 1.54) is 12.1 Å². The first-order valence-electron chi connectivity index (χ1n) is 5.84. The molecule has 0 fully saturated rings. The van der Waals surface area contributed by atoms with Crippen LogP contribution < -0.4 is 4.74 Å². The van der Waals surface area contributed by atoms with Crippen molar-refractivity contribution in [2.45, 2.75) is 6.04 Å². The zero-order chi connectivity index (χ0) is 14.4. The summed E-state index contributed by atoms with van der Waals surface area (Å²) in [5, 5.41) is 11.6. The van der Waals surface area contributed by atoms with Gasteiger partial charge in [-0.15, -0.1) is 4.91 Å². The minimum absolute atomic E-state index is 0.155. The lowest BCUT2D eigenvalue weighted by atomic mass is 10.0. The van der Waals surface area contributed by atoms with Gasteiger partial charge in [-0.25, -0.2) is 4.79 Å². The summed E-state index contributed by atoms with van der Waals surface area (Å²) in [7, 11) is 0. The van der Waals surface area contributed by atoms with Crippen molar-refractivity contribution in [2.24, 2.45) is 5.18 Å². The number of rotatable bonds is 4. The summed E-state index contributed by atoms with van der Waals surface area (Å²) in [4.78, 5) is 22.7. The molecule has 0 aliphatic heterocycles. The first-order chi connectivity index (χ1) is 9.76. The Morgan fingerprint density at radius 1 is 1.10 bits per heavy atom. The lowest BCUT2D eigenvalue weighted by molar-refractivity contribution is 0.0733. The summed E-state index contributed by atoms with van der Waals surface area (Å²) < 4.78 is 5.19. The summed E-state index contributed by atoms with van der Waals surface area (Å²) in [6, 6.07) is 15.3. The minimum Gasteiger partial charge on any atom is -0.423 e. The number of nitrogens with zero attached hydrogens (tertiary/aromatic N) is 2. The Morgan fingerprint density at radius 2 is 1.75 bits per heavy atom. The number of carbonyl (C=O) groups excluding carboxylic acids is 1. The van der Waals surface area contributed by atoms with Gasteiger partial charge in [0.1, 0.15) is 5.75 Å². The molecule has 2 aromatic rings. The van der Waals surface area contributed by atoms with E-state index in [0.717, 1.165) is 0 Å². The van der Waals surface area contributed by atoms with E-state index in [0.29, 0.717) is 5.75 Å². The molecule has 0 spiro atoms. The summed E-state index contributed by atoms with van der Waals surface area (Å²) in [5.41, 5.74) is 0.397. The highest BCUT2D eigenvalue weighted by molar-refractivity contribution is 5.93. The van der Waals surface area contributed by atoms with Gasteiger partial charge >= 0.3 is 5.97 Å². The van der Waals surface area contributed by atoms with Crippen molar-refractivity contribution >= 4 is 5.97 Å². The fourth-order valence-electron chi connectivity index (χ4n) is 1.72. The molecular weight excluding hydrogens is 256 g/mol. The molecule has 0 heterocycles. The van der Waals surface area contributed by atoms with Gasteiger partial charge < -0.3 is 4.74 Å². The lowest BCUT2D eigenvalue weighted by Gasteiger charge is -2.09. The van der Waals surface area contributed by atoms with Gasteiger partial charge in [0, 0.05) is 5.56 Å². The molecule has 1 atom stereocenters. The molecule has 0 amide bonds. The van der Waals surface area contributed by atoms with Crippen LogP contribution in [0.1, 0.15) is 22.0 Å². The van der Waals surface area contributed by atoms with Crippen molar-refractivity contribution in [1.29, 1.82) is 5.26 Å².